The molecule has 0 unspecified atom stereocenters. The summed E-state index contributed by atoms with van der Waals surface area (Å²) in [7, 11) is 0. The van der Waals surface area contributed by atoms with Crippen LogP contribution in [0.15, 0.2) is 60.0 Å². The van der Waals surface area contributed by atoms with E-state index in [4.69, 9.17) is 0 Å². The highest BCUT2D eigenvalue weighted by Gasteiger charge is 2.24. The van der Waals surface area contributed by atoms with Crippen LogP contribution in [0.3, 0.4) is 0 Å². The quantitative estimate of drug-likeness (QED) is 0.411. The molecule has 3 N–H and O–H groups in total. The fourth-order valence-corrected chi connectivity index (χ4v) is 3.84. The summed E-state index contributed by atoms with van der Waals surface area (Å²) in [5.41, 5.74) is 2.65. The van der Waals surface area contributed by atoms with Crippen molar-refractivity contribution in [3.63, 3.8) is 0 Å². The highest BCUT2D eigenvalue weighted by atomic mass is 32.1. The number of aryl methyl sites for hydroxylation is 1. The van der Waals surface area contributed by atoms with Gasteiger partial charge in [-0.3, -0.25) is 14.4 Å². The molecule has 0 saturated carbocycles. The first-order valence-electron chi connectivity index (χ1n) is 11.1. The molecule has 3 aromatic rings. The Kier molecular flexibility index (Phi) is 8.93. The Morgan fingerprint density at radius 1 is 1.00 bits per heavy atom. The SMILES string of the molecule is Cc1ccc(C(=O)NC[C@H](NC(=O)c2csc(-c3ccccc3)n2)C(=O)N[CH]CC(C)C)cc1. The van der Waals surface area contributed by atoms with Crippen LogP contribution in [-0.4, -0.2) is 35.3 Å². The van der Waals surface area contributed by atoms with E-state index in [1.165, 1.54) is 11.3 Å². The molecule has 34 heavy (non-hydrogen) atoms. The zero-order chi connectivity index (χ0) is 24.5. The van der Waals surface area contributed by atoms with Gasteiger partial charge >= 0.3 is 0 Å². The second-order valence-corrected chi connectivity index (χ2v) is 9.21. The number of thiazole rings is 1. The van der Waals surface area contributed by atoms with E-state index >= 15 is 0 Å². The summed E-state index contributed by atoms with van der Waals surface area (Å²) in [6.07, 6.45) is 0.689. The first-order valence-corrected chi connectivity index (χ1v) is 12.0. The maximum Gasteiger partial charge on any atom is 0.271 e. The lowest BCUT2D eigenvalue weighted by atomic mass is 10.1. The Morgan fingerprint density at radius 2 is 1.71 bits per heavy atom. The number of nitrogens with one attached hydrogen (secondary N) is 3. The van der Waals surface area contributed by atoms with Gasteiger partial charge in [-0.1, -0.05) is 61.9 Å². The average Bonchev–Trinajstić information content (AvgIpc) is 3.33. The van der Waals surface area contributed by atoms with Crippen LogP contribution in [0.4, 0.5) is 0 Å². The Morgan fingerprint density at radius 3 is 2.38 bits per heavy atom. The van der Waals surface area contributed by atoms with E-state index in [1.807, 2.05) is 63.2 Å². The standard InChI is InChI=1S/C26H29N4O3S/c1-17(2)13-14-27-24(32)21(15-28-23(31)19-11-9-18(3)10-12-19)29-25(33)22-16-34-26(30-22)20-7-5-4-6-8-20/h4-12,14,16-17,21H,13,15H2,1-3H3,(H,27,32)(H,28,31)(H,29,33)/t21-/m0/s1. The predicted molar refractivity (Wildman–Crippen MR) is 134 cm³/mol. The van der Waals surface area contributed by atoms with Gasteiger partial charge in [-0.2, -0.15) is 0 Å². The number of amides is 3. The molecule has 3 rings (SSSR count). The van der Waals surface area contributed by atoms with E-state index in [1.54, 1.807) is 24.1 Å². The van der Waals surface area contributed by atoms with Crippen molar-refractivity contribution in [3.05, 3.63) is 83.3 Å². The third kappa shape index (κ3) is 7.25. The molecule has 8 heteroatoms. The van der Waals surface area contributed by atoms with Gasteiger partial charge in [0, 0.05) is 29.6 Å². The molecule has 0 aliphatic carbocycles. The van der Waals surface area contributed by atoms with Crippen molar-refractivity contribution >= 4 is 29.1 Å². The number of nitrogens with zero attached hydrogens (tertiary/aromatic N) is 1. The Hall–Kier alpha value is -3.52. The molecule has 1 aromatic heterocycles. The molecular weight excluding hydrogens is 448 g/mol. The van der Waals surface area contributed by atoms with Gasteiger partial charge in [0.1, 0.15) is 16.7 Å². The molecule has 1 heterocycles. The van der Waals surface area contributed by atoms with Crippen molar-refractivity contribution < 1.29 is 14.4 Å². The van der Waals surface area contributed by atoms with Gasteiger partial charge in [0.25, 0.3) is 11.8 Å². The summed E-state index contributed by atoms with van der Waals surface area (Å²) in [5, 5.41) is 10.5. The topological polar surface area (TPSA) is 100 Å². The zero-order valence-corrected chi connectivity index (χ0v) is 20.3. The number of hydrogen-bond donors (Lipinski definition) is 3. The third-order valence-corrected chi connectivity index (χ3v) is 5.88. The van der Waals surface area contributed by atoms with Crippen LogP contribution in [0.5, 0.6) is 0 Å². The van der Waals surface area contributed by atoms with E-state index in [9.17, 15) is 14.4 Å². The maximum absolute atomic E-state index is 12.9. The molecule has 1 atom stereocenters. The van der Waals surface area contributed by atoms with Crippen molar-refractivity contribution in [2.75, 3.05) is 6.54 Å². The van der Waals surface area contributed by atoms with E-state index in [2.05, 4.69) is 20.9 Å². The lowest BCUT2D eigenvalue weighted by molar-refractivity contribution is -0.122. The molecule has 7 nitrogen and oxygen atoms in total. The van der Waals surface area contributed by atoms with Gasteiger partial charge in [0.2, 0.25) is 5.91 Å². The third-order valence-electron chi connectivity index (χ3n) is 4.99. The lowest BCUT2D eigenvalue weighted by Crippen LogP contribution is -2.52. The second kappa shape index (κ2) is 12.1. The average molecular weight is 478 g/mol. The van der Waals surface area contributed by atoms with Gasteiger partial charge in [-0.15, -0.1) is 11.3 Å². The minimum atomic E-state index is -0.966. The summed E-state index contributed by atoms with van der Waals surface area (Å²) in [5.74, 6) is -0.831. The van der Waals surface area contributed by atoms with Crippen LogP contribution in [-0.2, 0) is 4.79 Å². The summed E-state index contributed by atoms with van der Waals surface area (Å²) in [6.45, 7) is 7.62. The summed E-state index contributed by atoms with van der Waals surface area (Å²) in [6, 6.07) is 15.7. The molecule has 0 fully saturated rings. The minimum absolute atomic E-state index is 0.0600. The van der Waals surface area contributed by atoms with Gasteiger partial charge in [0.05, 0.1) is 0 Å². The Labute approximate surface area is 204 Å². The molecule has 0 bridgehead atoms. The van der Waals surface area contributed by atoms with Crippen LogP contribution in [0.1, 0.15) is 46.7 Å². The van der Waals surface area contributed by atoms with E-state index in [0.717, 1.165) is 11.1 Å². The fraction of sp³-hybridized carbons (Fsp3) is 0.269. The first-order chi connectivity index (χ1) is 16.3. The van der Waals surface area contributed by atoms with Gasteiger partial charge in [-0.05, 0) is 31.4 Å². The van der Waals surface area contributed by atoms with Crippen LogP contribution < -0.4 is 16.0 Å². The number of hydrogen-bond acceptors (Lipinski definition) is 5. The van der Waals surface area contributed by atoms with Crippen molar-refractivity contribution in [1.82, 2.24) is 20.9 Å². The molecule has 177 valence electrons. The molecule has 1 radical (unpaired) electrons. The number of benzene rings is 2. The summed E-state index contributed by atoms with van der Waals surface area (Å²) >= 11 is 1.35. The van der Waals surface area contributed by atoms with Crippen LogP contribution in [0.25, 0.3) is 10.6 Å². The minimum Gasteiger partial charge on any atom is -0.349 e. The normalized spacial score (nSPS) is 11.6. The lowest BCUT2D eigenvalue weighted by Gasteiger charge is -2.19. The zero-order valence-electron chi connectivity index (χ0n) is 19.5. The smallest absolute Gasteiger partial charge is 0.271 e. The number of rotatable bonds is 10. The van der Waals surface area contributed by atoms with E-state index in [0.29, 0.717) is 22.9 Å². The molecule has 0 saturated heterocycles. The predicted octanol–water partition coefficient (Wildman–Crippen LogP) is 3.97. The molecule has 2 aromatic carbocycles. The summed E-state index contributed by atoms with van der Waals surface area (Å²) in [4.78, 5) is 42.6. The highest BCUT2D eigenvalue weighted by molar-refractivity contribution is 7.13. The number of aromatic nitrogens is 1. The van der Waals surface area contributed by atoms with E-state index < -0.39 is 17.9 Å². The van der Waals surface area contributed by atoms with Crippen molar-refractivity contribution in [2.24, 2.45) is 5.92 Å². The summed E-state index contributed by atoms with van der Waals surface area (Å²) < 4.78 is 0. The molecule has 0 spiro atoms. The van der Waals surface area contributed by atoms with Crippen molar-refractivity contribution in [1.29, 1.82) is 0 Å². The van der Waals surface area contributed by atoms with Crippen LogP contribution in [0, 0.1) is 19.4 Å². The molecular formula is C26H29N4O3S. The van der Waals surface area contributed by atoms with Crippen molar-refractivity contribution in [3.8, 4) is 10.6 Å². The van der Waals surface area contributed by atoms with E-state index in [-0.39, 0.29) is 18.1 Å². The Balaban J connectivity index is 1.67. The van der Waals surface area contributed by atoms with Gasteiger partial charge in [0.15, 0.2) is 0 Å². The fourth-order valence-electron chi connectivity index (χ4n) is 3.03. The monoisotopic (exact) mass is 477 g/mol. The van der Waals surface area contributed by atoms with Crippen LogP contribution >= 0.6 is 11.3 Å². The first kappa shape index (κ1) is 25.1. The maximum atomic E-state index is 12.9. The molecule has 3 amide bonds. The molecule has 0 aliphatic heterocycles. The Bertz CT molecular complexity index is 1110. The van der Waals surface area contributed by atoms with Gasteiger partial charge in [-0.25, -0.2) is 4.98 Å². The van der Waals surface area contributed by atoms with Crippen LogP contribution in [0.2, 0.25) is 0 Å². The highest BCUT2D eigenvalue weighted by Crippen LogP contribution is 2.23. The second-order valence-electron chi connectivity index (χ2n) is 8.35. The van der Waals surface area contributed by atoms with Crippen molar-refractivity contribution in [2.45, 2.75) is 33.2 Å². The largest absolute Gasteiger partial charge is 0.349 e. The van der Waals surface area contributed by atoms with Gasteiger partial charge < -0.3 is 16.0 Å². The number of carbonyl (C=O) groups excluding carboxylic acids is 3. The number of carbonyl (C=O) groups is 3. The molecule has 0 aliphatic rings.